The van der Waals surface area contributed by atoms with Gasteiger partial charge >= 0.3 is 0 Å². The number of ketones is 1. The van der Waals surface area contributed by atoms with Gasteiger partial charge in [-0.3, -0.25) is 14.4 Å². The van der Waals surface area contributed by atoms with E-state index in [1.54, 1.807) is 72.5 Å². The maximum atomic E-state index is 12.6. The molecule has 31 heavy (non-hydrogen) atoms. The fourth-order valence-corrected chi connectivity index (χ4v) is 3.37. The van der Waals surface area contributed by atoms with E-state index in [9.17, 15) is 14.4 Å². The van der Waals surface area contributed by atoms with Crippen molar-refractivity contribution in [3.05, 3.63) is 77.9 Å². The van der Waals surface area contributed by atoms with Crippen LogP contribution in [0.25, 0.3) is 0 Å². The topological polar surface area (TPSA) is 102 Å². The van der Waals surface area contributed by atoms with E-state index in [1.165, 1.54) is 0 Å². The highest BCUT2D eigenvalue weighted by Crippen LogP contribution is 2.18. The molecule has 1 fully saturated rings. The van der Waals surface area contributed by atoms with Crippen LogP contribution in [0.4, 0.5) is 11.4 Å². The monoisotopic (exact) mass is 418 g/mol. The number of rotatable bonds is 6. The largest absolute Gasteiger partial charge is 0.368 e. The van der Waals surface area contributed by atoms with E-state index in [-0.39, 0.29) is 17.6 Å². The molecule has 1 atom stereocenters. The fourth-order valence-electron chi connectivity index (χ4n) is 3.37. The molecule has 2 N–H and O–H groups in total. The van der Waals surface area contributed by atoms with Gasteiger partial charge < -0.3 is 19.9 Å². The maximum absolute atomic E-state index is 12.6. The maximum Gasteiger partial charge on any atom is 0.255 e. The summed E-state index contributed by atoms with van der Waals surface area (Å²) < 4.78 is 7.03. The molecule has 0 bridgehead atoms. The van der Waals surface area contributed by atoms with Gasteiger partial charge in [0.05, 0.1) is 0 Å². The van der Waals surface area contributed by atoms with E-state index < -0.39 is 6.10 Å². The predicted octanol–water partition coefficient (Wildman–Crippen LogP) is 3.02. The minimum Gasteiger partial charge on any atom is -0.368 e. The van der Waals surface area contributed by atoms with Crippen molar-refractivity contribution in [3.8, 4) is 0 Å². The van der Waals surface area contributed by atoms with Gasteiger partial charge in [-0.1, -0.05) is 6.07 Å². The Labute approximate surface area is 179 Å². The van der Waals surface area contributed by atoms with Crippen LogP contribution in [0.1, 0.15) is 39.4 Å². The molecular weight excluding hydrogens is 396 g/mol. The summed E-state index contributed by atoms with van der Waals surface area (Å²) in [6.07, 6.45) is 4.40. The number of aromatic nitrogens is 2. The van der Waals surface area contributed by atoms with Crippen molar-refractivity contribution in [1.29, 1.82) is 0 Å². The molecule has 1 aliphatic rings. The van der Waals surface area contributed by atoms with Crippen LogP contribution in [0.15, 0.2) is 60.9 Å². The van der Waals surface area contributed by atoms with E-state index in [2.05, 4.69) is 15.6 Å². The Morgan fingerprint density at radius 1 is 1.03 bits per heavy atom. The second-order valence-corrected chi connectivity index (χ2v) is 7.29. The molecule has 8 heteroatoms. The molecule has 2 heterocycles. The van der Waals surface area contributed by atoms with E-state index >= 15 is 0 Å². The van der Waals surface area contributed by atoms with E-state index in [0.29, 0.717) is 41.4 Å². The average molecular weight is 418 g/mol. The second kappa shape index (κ2) is 8.93. The van der Waals surface area contributed by atoms with Crippen LogP contribution in [0.5, 0.6) is 0 Å². The first kappa shape index (κ1) is 20.5. The van der Waals surface area contributed by atoms with Crippen molar-refractivity contribution in [2.75, 3.05) is 17.2 Å². The molecule has 1 aliphatic heterocycles. The van der Waals surface area contributed by atoms with Crippen LogP contribution in [-0.2, 0) is 16.6 Å². The van der Waals surface area contributed by atoms with E-state index in [4.69, 9.17) is 4.74 Å². The lowest BCUT2D eigenvalue weighted by atomic mass is 10.1. The Bertz CT molecular complexity index is 1110. The summed E-state index contributed by atoms with van der Waals surface area (Å²) in [6.45, 7) is 0.590. The number of nitrogens with zero attached hydrogens (tertiary/aromatic N) is 2. The molecular formula is C23H22N4O4. The lowest BCUT2D eigenvalue weighted by molar-refractivity contribution is -0.124. The normalized spacial score (nSPS) is 15.5. The third kappa shape index (κ3) is 4.70. The summed E-state index contributed by atoms with van der Waals surface area (Å²) in [7, 11) is 1.76. The Morgan fingerprint density at radius 2 is 1.84 bits per heavy atom. The number of imidazole rings is 1. The highest BCUT2D eigenvalue weighted by atomic mass is 16.5. The van der Waals surface area contributed by atoms with Crippen LogP contribution in [-0.4, -0.2) is 39.9 Å². The van der Waals surface area contributed by atoms with Crippen molar-refractivity contribution >= 4 is 29.0 Å². The van der Waals surface area contributed by atoms with Crippen molar-refractivity contribution in [1.82, 2.24) is 9.55 Å². The minimum absolute atomic E-state index is 0.194. The summed E-state index contributed by atoms with van der Waals surface area (Å²) in [5.74, 6) is -0.377. The zero-order valence-electron chi connectivity index (χ0n) is 17.0. The van der Waals surface area contributed by atoms with Gasteiger partial charge in [-0.2, -0.15) is 0 Å². The number of carbonyl (C=O) groups excluding carboxylic acids is 3. The van der Waals surface area contributed by atoms with Gasteiger partial charge in [0.2, 0.25) is 5.78 Å². The molecule has 2 amide bonds. The summed E-state index contributed by atoms with van der Waals surface area (Å²) in [6, 6.07) is 13.3. The van der Waals surface area contributed by atoms with Crippen molar-refractivity contribution in [2.45, 2.75) is 18.9 Å². The zero-order chi connectivity index (χ0) is 21.8. The summed E-state index contributed by atoms with van der Waals surface area (Å²) >= 11 is 0. The summed E-state index contributed by atoms with van der Waals surface area (Å²) in [4.78, 5) is 41.4. The lowest BCUT2D eigenvalue weighted by Gasteiger charge is -2.11. The molecule has 0 unspecified atom stereocenters. The third-order valence-corrected chi connectivity index (χ3v) is 5.04. The van der Waals surface area contributed by atoms with Crippen LogP contribution in [0, 0.1) is 0 Å². The average Bonchev–Trinajstić information content (AvgIpc) is 3.46. The van der Waals surface area contributed by atoms with Gasteiger partial charge in [-0.25, -0.2) is 4.98 Å². The molecule has 1 aromatic heterocycles. The van der Waals surface area contributed by atoms with Gasteiger partial charge in [-0.05, 0) is 55.3 Å². The lowest BCUT2D eigenvalue weighted by Crippen LogP contribution is -2.27. The number of hydrogen-bond acceptors (Lipinski definition) is 5. The Morgan fingerprint density at radius 3 is 2.52 bits per heavy atom. The molecule has 0 radical (unpaired) electrons. The van der Waals surface area contributed by atoms with Gasteiger partial charge in [0.15, 0.2) is 5.82 Å². The molecule has 0 saturated carbocycles. The first-order valence-electron chi connectivity index (χ1n) is 9.97. The molecule has 4 rings (SSSR count). The van der Waals surface area contributed by atoms with Gasteiger partial charge in [0, 0.05) is 48.5 Å². The number of carbonyl (C=O) groups is 3. The van der Waals surface area contributed by atoms with E-state index in [1.807, 2.05) is 0 Å². The molecule has 0 aliphatic carbocycles. The van der Waals surface area contributed by atoms with Crippen molar-refractivity contribution in [3.63, 3.8) is 0 Å². The number of ether oxygens (including phenoxy) is 1. The Balaban J connectivity index is 1.40. The molecule has 2 aromatic carbocycles. The number of amides is 2. The molecule has 3 aromatic rings. The number of aryl methyl sites for hydroxylation is 1. The van der Waals surface area contributed by atoms with Crippen LogP contribution in [0.2, 0.25) is 0 Å². The third-order valence-electron chi connectivity index (χ3n) is 5.04. The fraction of sp³-hybridized carbons (Fsp3) is 0.217. The highest BCUT2D eigenvalue weighted by molar-refractivity contribution is 6.08. The number of hydrogen-bond donors (Lipinski definition) is 2. The predicted molar refractivity (Wildman–Crippen MR) is 115 cm³/mol. The van der Waals surface area contributed by atoms with Gasteiger partial charge in [0.1, 0.15) is 6.10 Å². The van der Waals surface area contributed by atoms with Gasteiger partial charge in [-0.15, -0.1) is 0 Å². The van der Waals surface area contributed by atoms with Crippen molar-refractivity contribution < 1.29 is 19.1 Å². The van der Waals surface area contributed by atoms with Gasteiger partial charge in [0.25, 0.3) is 11.8 Å². The number of benzene rings is 2. The molecule has 158 valence electrons. The quantitative estimate of drug-likeness (QED) is 0.599. The number of nitrogens with one attached hydrogen (secondary N) is 2. The standard InChI is InChI=1S/C23H22N4O4/c1-27-12-11-24-21(27)20(28)15-7-9-17(10-8-15)25-22(29)16-4-2-5-18(14-16)26-23(30)19-6-3-13-31-19/h2,4-5,7-12,14,19H,3,6,13H2,1H3,(H,25,29)(H,26,30)/t19-/m1/s1. The SMILES string of the molecule is Cn1ccnc1C(=O)c1ccc(NC(=O)c2cccc(NC(=O)[C@H]3CCCO3)c2)cc1. The molecule has 0 spiro atoms. The van der Waals surface area contributed by atoms with Crippen LogP contribution in [0.3, 0.4) is 0 Å². The first-order chi connectivity index (χ1) is 15.0. The first-order valence-corrected chi connectivity index (χ1v) is 9.97. The van der Waals surface area contributed by atoms with Crippen LogP contribution < -0.4 is 10.6 Å². The number of anilines is 2. The van der Waals surface area contributed by atoms with E-state index in [0.717, 1.165) is 6.42 Å². The summed E-state index contributed by atoms with van der Waals surface area (Å²) in [5.41, 5.74) is 1.96. The molecule has 1 saturated heterocycles. The Hall–Kier alpha value is -3.78. The van der Waals surface area contributed by atoms with Crippen molar-refractivity contribution in [2.24, 2.45) is 7.05 Å². The smallest absolute Gasteiger partial charge is 0.255 e. The second-order valence-electron chi connectivity index (χ2n) is 7.29. The highest BCUT2D eigenvalue weighted by Gasteiger charge is 2.23. The van der Waals surface area contributed by atoms with Crippen LogP contribution >= 0.6 is 0 Å². The Kier molecular flexibility index (Phi) is 5.90. The molecule has 8 nitrogen and oxygen atoms in total. The zero-order valence-corrected chi connectivity index (χ0v) is 17.0. The summed E-state index contributed by atoms with van der Waals surface area (Å²) in [5, 5.41) is 5.59. The minimum atomic E-state index is -0.440.